The van der Waals surface area contributed by atoms with Gasteiger partial charge in [-0.3, -0.25) is 4.79 Å². The zero-order valence-electron chi connectivity index (χ0n) is 11.8. The molecule has 0 saturated heterocycles. The molecule has 1 amide bonds. The van der Waals surface area contributed by atoms with Gasteiger partial charge in [-0.2, -0.15) is 0 Å². The molecule has 0 bridgehead atoms. The molecule has 0 aromatic carbocycles. The lowest BCUT2D eigenvalue weighted by Crippen LogP contribution is -2.59. The minimum Gasteiger partial charge on any atom is -0.353 e. The lowest BCUT2D eigenvalue weighted by Gasteiger charge is -2.48. The van der Waals surface area contributed by atoms with Crippen LogP contribution in [0, 0.1) is 0 Å². The van der Waals surface area contributed by atoms with Crippen molar-refractivity contribution in [3.63, 3.8) is 0 Å². The molecular weight excluding hydrogens is 214 g/mol. The first-order chi connectivity index (χ1) is 7.87. The van der Waals surface area contributed by atoms with Crippen LogP contribution in [0.2, 0.25) is 0 Å². The molecule has 0 aromatic heterocycles. The highest BCUT2D eigenvalue weighted by Gasteiger charge is 2.39. The van der Waals surface area contributed by atoms with E-state index in [4.69, 9.17) is 0 Å². The van der Waals surface area contributed by atoms with E-state index in [0.29, 0.717) is 0 Å². The molecule has 0 radical (unpaired) electrons. The number of amides is 1. The fourth-order valence-corrected chi connectivity index (χ4v) is 2.21. The Labute approximate surface area is 105 Å². The quantitative estimate of drug-likeness (QED) is 0.728. The maximum Gasteiger partial charge on any atom is 0.237 e. The summed E-state index contributed by atoms with van der Waals surface area (Å²) in [6.45, 7) is 6.79. The van der Waals surface area contributed by atoms with Crippen molar-refractivity contribution in [2.75, 3.05) is 20.6 Å². The van der Waals surface area contributed by atoms with Crippen LogP contribution in [0.3, 0.4) is 0 Å². The van der Waals surface area contributed by atoms with Crippen molar-refractivity contribution in [2.24, 2.45) is 0 Å². The third-order valence-electron chi connectivity index (χ3n) is 3.79. The summed E-state index contributed by atoms with van der Waals surface area (Å²) in [6, 6.07) is 0.0908. The van der Waals surface area contributed by atoms with Crippen LogP contribution in [0.1, 0.15) is 40.0 Å². The van der Waals surface area contributed by atoms with E-state index < -0.39 is 0 Å². The fourth-order valence-electron chi connectivity index (χ4n) is 2.21. The van der Waals surface area contributed by atoms with Crippen LogP contribution in [0.4, 0.5) is 0 Å². The first-order valence-corrected chi connectivity index (χ1v) is 6.58. The molecule has 1 rings (SSSR count). The van der Waals surface area contributed by atoms with Crippen molar-refractivity contribution in [2.45, 2.75) is 57.7 Å². The second-order valence-electron chi connectivity index (χ2n) is 5.74. The predicted molar refractivity (Wildman–Crippen MR) is 71.0 cm³/mol. The smallest absolute Gasteiger partial charge is 0.237 e. The van der Waals surface area contributed by atoms with Gasteiger partial charge in [0.25, 0.3) is 0 Å². The van der Waals surface area contributed by atoms with E-state index in [-0.39, 0.29) is 23.5 Å². The van der Waals surface area contributed by atoms with E-state index in [0.717, 1.165) is 6.54 Å². The molecule has 1 fully saturated rings. The van der Waals surface area contributed by atoms with Gasteiger partial charge in [0.2, 0.25) is 5.91 Å². The standard InChI is InChI=1S/C13H27N3O/c1-10(2)15-12(17)11(3)14-9-13(16(4)5)7-6-8-13/h10-11,14H,6-9H2,1-5H3,(H,15,17). The summed E-state index contributed by atoms with van der Waals surface area (Å²) in [7, 11) is 4.25. The Kier molecular flexibility index (Phi) is 4.95. The van der Waals surface area contributed by atoms with Gasteiger partial charge in [0.1, 0.15) is 0 Å². The van der Waals surface area contributed by atoms with Gasteiger partial charge in [-0.05, 0) is 54.1 Å². The molecule has 4 heteroatoms. The van der Waals surface area contributed by atoms with Crippen molar-refractivity contribution in [1.82, 2.24) is 15.5 Å². The molecule has 0 heterocycles. The molecule has 2 N–H and O–H groups in total. The van der Waals surface area contributed by atoms with Crippen molar-refractivity contribution in [3.05, 3.63) is 0 Å². The van der Waals surface area contributed by atoms with Gasteiger partial charge in [0.05, 0.1) is 6.04 Å². The first-order valence-electron chi connectivity index (χ1n) is 6.58. The van der Waals surface area contributed by atoms with Gasteiger partial charge in [-0.15, -0.1) is 0 Å². The van der Waals surface area contributed by atoms with Gasteiger partial charge >= 0.3 is 0 Å². The van der Waals surface area contributed by atoms with Crippen molar-refractivity contribution >= 4 is 5.91 Å². The van der Waals surface area contributed by atoms with E-state index in [2.05, 4.69) is 29.6 Å². The Morgan fingerprint density at radius 1 is 1.29 bits per heavy atom. The topological polar surface area (TPSA) is 44.4 Å². The molecule has 0 aliphatic heterocycles. The lowest BCUT2D eigenvalue weighted by molar-refractivity contribution is -0.123. The summed E-state index contributed by atoms with van der Waals surface area (Å²) in [5, 5.41) is 6.29. The van der Waals surface area contributed by atoms with Gasteiger partial charge in [0.15, 0.2) is 0 Å². The number of nitrogens with zero attached hydrogens (tertiary/aromatic N) is 1. The monoisotopic (exact) mass is 241 g/mol. The minimum absolute atomic E-state index is 0.0910. The molecule has 1 unspecified atom stereocenters. The van der Waals surface area contributed by atoms with Crippen LogP contribution >= 0.6 is 0 Å². The molecular formula is C13H27N3O. The van der Waals surface area contributed by atoms with Crippen LogP contribution in [0.5, 0.6) is 0 Å². The number of rotatable bonds is 6. The maximum absolute atomic E-state index is 11.8. The average Bonchev–Trinajstić information content (AvgIpc) is 2.13. The Morgan fingerprint density at radius 3 is 2.24 bits per heavy atom. The van der Waals surface area contributed by atoms with Gasteiger partial charge in [-0.1, -0.05) is 0 Å². The third-order valence-corrected chi connectivity index (χ3v) is 3.79. The van der Waals surface area contributed by atoms with Gasteiger partial charge in [-0.25, -0.2) is 0 Å². The van der Waals surface area contributed by atoms with Crippen LogP contribution in [0.15, 0.2) is 0 Å². The summed E-state index contributed by atoms with van der Waals surface area (Å²) in [6.07, 6.45) is 3.75. The molecule has 4 nitrogen and oxygen atoms in total. The van der Waals surface area contributed by atoms with Crippen LogP contribution in [-0.2, 0) is 4.79 Å². The largest absolute Gasteiger partial charge is 0.353 e. The Balaban J connectivity index is 2.37. The number of nitrogens with one attached hydrogen (secondary N) is 2. The summed E-state index contributed by atoms with van der Waals surface area (Å²) < 4.78 is 0. The molecule has 0 aromatic rings. The number of likely N-dealkylation sites (N-methyl/N-ethyl adjacent to an activating group) is 1. The molecule has 0 spiro atoms. The highest BCUT2D eigenvalue weighted by atomic mass is 16.2. The molecule has 17 heavy (non-hydrogen) atoms. The van der Waals surface area contributed by atoms with E-state index in [1.807, 2.05) is 20.8 Å². The summed E-state index contributed by atoms with van der Waals surface area (Å²) >= 11 is 0. The predicted octanol–water partition coefficient (Wildman–Crippen LogP) is 0.973. The summed E-state index contributed by atoms with van der Waals surface area (Å²) in [5.74, 6) is 0.0910. The van der Waals surface area contributed by atoms with Crippen LogP contribution in [-0.4, -0.2) is 49.1 Å². The lowest BCUT2D eigenvalue weighted by atomic mass is 9.75. The van der Waals surface area contributed by atoms with Crippen molar-refractivity contribution in [1.29, 1.82) is 0 Å². The number of hydrogen-bond acceptors (Lipinski definition) is 3. The summed E-state index contributed by atoms with van der Waals surface area (Å²) in [5.41, 5.74) is 0.270. The normalized spacial score (nSPS) is 20.2. The number of carbonyl (C=O) groups excluding carboxylic acids is 1. The summed E-state index contributed by atoms with van der Waals surface area (Å²) in [4.78, 5) is 14.0. The van der Waals surface area contributed by atoms with Crippen molar-refractivity contribution < 1.29 is 4.79 Å². The third kappa shape index (κ3) is 3.68. The Bertz CT molecular complexity index is 259. The molecule has 1 atom stereocenters. The number of hydrogen-bond donors (Lipinski definition) is 2. The van der Waals surface area contributed by atoms with Crippen LogP contribution in [0.25, 0.3) is 0 Å². The zero-order chi connectivity index (χ0) is 13.1. The average molecular weight is 241 g/mol. The Hall–Kier alpha value is -0.610. The van der Waals surface area contributed by atoms with Crippen molar-refractivity contribution in [3.8, 4) is 0 Å². The van der Waals surface area contributed by atoms with Crippen LogP contribution < -0.4 is 10.6 Å². The van der Waals surface area contributed by atoms with Gasteiger partial charge < -0.3 is 15.5 Å². The molecule has 100 valence electrons. The van der Waals surface area contributed by atoms with E-state index in [1.54, 1.807) is 0 Å². The molecule has 1 saturated carbocycles. The SMILES string of the molecule is CC(C)NC(=O)C(C)NCC1(N(C)C)CCC1. The van der Waals surface area contributed by atoms with E-state index in [1.165, 1.54) is 19.3 Å². The van der Waals surface area contributed by atoms with E-state index >= 15 is 0 Å². The molecule has 1 aliphatic carbocycles. The first kappa shape index (κ1) is 14.5. The van der Waals surface area contributed by atoms with E-state index in [9.17, 15) is 4.79 Å². The maximum atomic E-state index is 11.8. The second kappa shape index (κ2) is 5.83. The fraction of sp³-hybridized carbons (Fsp3) is 0.923. The van der Waals surface area contributed by atoms with Gasteiger partial charge in [0, 0.05) is 18.1 Å². The highest BCUT2D eigenvalue weighted by Crippen LogP contribution is 2.35. The minimum atomic E-state index is -0.116. The number of carbonyl (C=O) groups is 1. The zero-order valence-corrected chi connectivity index (χ0v) is 11.8. The molecule has 1 aliphatic rings. The highest BCUT2D eigenvalue weighted by molar-refractivity contribution is 5.81. The second-order valence-corrected chi connectivity index (χ2v) is 5.74. The Morgan fingerprint density at radius 2 is 1.88 bits per heavy atom.